The van der Waals surface area contributed by atoms with Crippen molar-refractivity contribution in [3.8, 4) is 0 Å². The predicted molar refractivity (Wildman–Crippen MR) is 117 cm³/mol. The summed E-state index contributed by atoms with van der Waals surface area (Å²) in [6, 6.07) is 15.1. The van der Waals surface area contributed by atoms with Crippen molar-refractivity contribution in [2.45, 2.75) is 43.1 Å². The molecule has 3 aromatic rings. The molecule has 0 radical (unpaired) electrons. The summed E-state index contributed by atoms with van der Waals surface area (Å²) in [5, 5.41) is 12.5. The van der Waals surface area contributed by atoms with Crippen LogP contribution >= 0.6 is 23.4 Å². The van der Waals surface area contributed by atoms with Crippen LogP contribution in [0.4, 0.5) is 5.69 Å². The lowest BCUT2D eigenvalue weighted by molar-refractivity contribution is -0.116. The number of halogens is 1. The minimum absolute atomic E-state index is 0.0957. The molecule has 0 fully saturated rings. The molecule has 0 spiro atoms. The highest BCUT2D eigenvalue weighted by atomic mass is 35.5. The van der Waals surface area contributed by atoms with Gasteiger partial charge in [0, 0.05) is 17.1 Å². The first-order valence-corrected chi connectivity index (χ1v) is 10.8. The summed E-state index contributed by atoms with van der Waals surface area (Å²) in [4.78, 5) is 13.2. The first kappa shape index (κ1) is 19.8. The molecule has 29 heavy (non-hydrogen) atoms. The van der Waals surface area contributed by atoms with Crippen molar-refractivity contribution in [2.24, 2.45) is 0 Å². The van der Waals surface area contributed by atoms with E-state index in [-0.39, 0.29) is 11.9 Å². The molecule has 2 N–H and O–H groups in total. The smallest absolute Gasteiger partial charge is 0.240 e. The Labute approximate surface area is 179 Å². The summed E-state index contributed by atoms with van der Waals surface area (Å²) in [6.07, 6.45) is 1.79. The van der Waals surface area contributed by atoms with Crippen LogP contribution < -0.4 is 10.7 Å². The van der Waals surface area contributed by atoms with Gasteiger partial charge in [0.1, 0.15) is 5.25 Å². The van der Waals surface area contributed by atoms with E-state index in [4.69, 9.17) is 11.6 Å². The number of benzene rings is 2. The second-order valence-electron chi connectivity index (χ2n) is 7.04. The summed E-state index contributed by atoms with van der Waals surface area (Å²) in [6.45, 7) is 4.16. The Morgan fingerprint density at radius 2 is 1.90 bits per heavy atom. The lowest BCUT2D eigenvalue weighted by Crippen LogP contribution is -2.41. The zero-order chi connectivity index (χ0) is 20.4. The van der Waals surface area contributed by atoms with Gasteiger partial charge in [0.2, 0.25) is 11.1 Å². The SMILES string of the molecule is CCCc1nnc2n1N[C@@H](c1ccc(C)cc1)[C@@H](C(=O)Nc1ccc(Cl)cc1)S2. The summed E-state index contributed by atoms with van der Waals surface area (Å²) in [5.41, 5.74) is 6.41. The Kier molecular flexibility index (Phi) is 5.78. The van der Waals surface area contributed by atoms with Crippen molar-refractivity contribution in [3.63, 3.8) is 0 Å². The van der Waals surface area contributed by atoms with E-state index >= 15 is 0 Å². The Morgan fingerprint density at radius 3 is 2.59 bits per heavy atom. The Morgan fingerprint density at radius 1 is 1.17 bits per heavy atom. The van der Waals surface area contributed by atoms with Crippen molar-refractivity contribution in [2.75, 3.05) is 10.7 Å². The van der Waals surface area contributed by atoms with E-state index in [0.717, 1.165) is 24.2 Å². The normalized spacial score (nSPS) is 18.0. The largest absolute Gasteiger partial charge is 0.325 e. The number of anilines is 1. The highest BCUT2D eigenvalue weighted by Gasteiger charge is 2.37. The molecular formula is C21H22ClN5OS. The number of hydrogen-bond donors (Lipinski definition) is 2. The molecule has 1 aliphatic rings. The maximum Gasteiger partial charge on any atom is 0.240 e. The maximum atomic E-state index is 13.2. The third-order valence-electron chi connectivity index (χ3n) is 4.78. The molecule has 2 aromatic carbocycles. The van der Waals surface area contributed by atoms with Crippen LogP contribution in [0.2, 0.25) is 5.02 Å². The van der Waals surface area contributed by atoms with Gasteiger partial charge in [-0.3, -0.25) is 4.79 Å². The van der Waals surface area contributed by atoms with Crippen molar-refractivity contribution in [3.05, 3.63) is 70.5 Å². The second kappa shape index (κ2) is 8.47. The van der Waals surface area contributed by atoms with Crippen LogP contribution in [0.1, 0.15) is 36.3 Å². The molecule has 0 aliphatic carbocycles. The molecule has 150 valence electrons. The number of aryl methyl sites for hydroxylation is 2. The molecule has 8 heteroatoms. The van der Waals surface area contributed by atoms with Gasteiger partial charge in [0.25, 0.3) is 0 Å². The van der Waals surface area contributed by atoms with E-state index in [0.29, 0.717) is 15.9 Å². The number of rotatable bonds is 5. The van der Waals surface area contributed by atoms with Crippen LogP contribution in [0.15, 0.2) is 53.7 Å². The number of nitrogens with one attached hydrogen (secondary N) is 2. The molecule has 6 nitrogen and oxygen atoms in total. The number of nitrogens with zero attached hydrogens (tertiary/aromatic N) is 3. The molecule has 0 bridgehead atoms. The van der Waals surface area contributed by atoms with Crippen LogP contribution in [0.3, 0.4) is 0 Å². The van der Waals surface area contributed by atoms with E-state index in [2.05, 4.69) is 59.1 Å². The van der Waals surface area contributed by atoms with E-state index in [9.17, 15) is 4.79 Å². The fourth-order valence-corrected chi connectivity index (χ4v) is 4.48. The van der Waals surface area contributed by atoms with Gasteiger partial charge >= 0.3 is 0 Å². The first-order valence-electron chi connectivity index (χ1n) is 9.55. The zero-order valence-corrected chi connectivity index (χ0v) is 17.8. The molecule has 0 saturated carbocycles. The van der Waals surface area contributed by atoms with E-state index in [1.54, 1.807) is 24.3 Å². The molecule has 0 saturated heterocycles. The predicted octanol–water partition coefficient (Wildman–Crippen LogP) is 4.59. The minimum atomic E-state index is -0.403. The van der Waals surface area contributed by atoms with Crippen molar-refractivity contribution >= 4 is 35.0 Å². The molecule has 2 atom stereocenters. The van der Waals surface area contributed by atoms with Crippen LogP contribution in [0, 0.1) is 6.92 Å². The van der Waals surface area contributed by atoms with Crippen LogP contribution in [0.25, 0.3) is 0 Å². The summed E-state index contributed by atoms with van der Waals surface area (Å²) < 4.78 is 1.92. The van der Waals surface area contributed by atoms with Crippen molar-refractivity contribution in [1.29, 1.82) is 0 Å². The number of carbonyl (C=O) groups excluding carboxylic acids is 1. The third-order valence-corrected chi connectivity index (χ3v) is 6.25. The molecular weight excluding hydrogens is 406 g/mol. The molecule has 1 aromatic heterocycles. The number of thioether (sulfide) groups is 1. The first-order chi connectivity index (χ1) is 14.0. The maximum absolute atomic E-state index is 13.2. The third kappa shape index (κ3) is 4.26. The molecule has 1 amide bonds. The van der Waals surface area contributed by atoms with Gasteiger partial charge in [-0.15, -0.1) is 10.2 Å². The number of hydrogen-bond acceptors (Lipinski definition) is 5. The molecule has 2 heterocycles. The second-order valence-corrected chi connectivity index (χ2v) is 8.58. The van der Waals surface area contributed by atoms with Gasteiger partial charge in [-0.2, -0.15) is 0 Å². The highest BCUT2D eigenvalue weighted by molar-refractivity contribution is 8.00. The fourth-order valence-electron chi connectivity index (χ4n) is 3.25. The lowest BCUT2D eigenvalue weighted by atomic mass is 10.0. The summed E-state index contributed by atoms with van der Waals surface area (Å²) in [7, 11) is 0. The average Bonchev–Trinajstić information content (AvgIpc) is 3.11. The van der Waals surface area contributed by atoms with Gasteiger partial charge in [0.05, 0.1) is 6.04 Å². The van der Waals surface area contributed by atoms with E-state index < -0.39 is 5.25 Å². The number of fused-ring (bicyclic) bond motifs is 1. The lowest BCUT2D eigenvalue weighted by Gasteiger charge is -2.33. The molecule has 4 rings (SSSR count). The minimum Gasteiger partial charge on any atom is -0.325 e. The fraction of sp³-hybridized carbons (Fsp3) is 0.286. The molecule has 0 unspecified atom stereocenters. The molecule has 1 aliphatic heterocycles. The van der Waals surface area contributed by atoms with E-state index in [1.165, 1.54) is 17.3 Å². The van der Waals surface area contributed by atoms with Crippen molar-refractivity contribution < 1.29 is 4.79 Å². The Hall–Kier alpha value is -2.51. The number of carbonyl (C=O) groups is 1. The highest BCUT2D eigenvalue weighted by Crippen LogP contribution is 2.37. The monoisotopic (exact) mass is 427 g/mol. The van der Waals surface area contributed by atoms with Crippen LogP contribution in [0.5, 0.6) is 0 Å². The summed E-state index contributed by atoms with van der Waals surface area (Å²) in [5.74, 6) is 0.783. The van der Waals surface area contributed by atoms with Gasteiger partial charge in [0.15, 0.2) is 5.82 Å². The average molecular weight is 428 g/mol. The quantitative estimate of drug-likeness (QED) is 0.623. The topological polar surface area (TPSA) is 71.8 Å². The summed E-state index contributed by atoms with van der Waals surface area (Å²) >= 11 is 7.38. The number of amides is 1. The van der Waals surface area contributed by atoms with Crippen LogP contribution in [-0.2, 0) is 11.2 Å². The van der Waals surface area contributed by atoms with Gasteiger partial charge in [-0.05, 0) is 43.2 Å². The van der Waals surface area contributed by atoms with E-state index in [1.807, 2.05) is 4.68 Å². The van der Waals surface area contributed by atoms with Gasteiger partial charge in [-0.25, -0.2) is 4.68 Å². The number of aromatic nitrogens is 3. The standard InChI is InChI=1S/C21H22ClN5OS/c1-3-4-17-24-25-21-27(17)26-18(14-7-5-13(2)6-8-14)19(29-21)20(28)23-16-11-9-15(22)10-12-16/h5-12,18-19,26H,3-4H2,1-2H3,(H,23,28)/t18-,19-/m0/s1. The van der Waals surface area contributed by atoms with Crippen LogP contribution in [-0.4, -0.2) is 26.0 Å². The van der Waals surface area contributed by atoms with Gasteiger partial charge in [-0.1, -0.05) is 60.1 Å². The Bertz CT molecular complexity index is 1000. The zero-order valence-electron chi connectivity index (χ0n) is 16.2. The van der Waals surface area contributed by atoms with Crippen molar-refractivity contribution in [1.82, 2.24) is 14.9 Å². The van der Waals surface area contributed by atoms with Gasteiger partial charge < -0.3 is 10.7 Å². The Balaban J connectivity index is 1.65.